The van der Waals surface area contributed by atoms with Crippen molar-refractivity contribution in [2.24, 2.45) is 0 Å². The number of fused-ring (bicyclic) bond motifs is 13. The molecule has 9 aromatic rings. The zero-order chi connectivity index (χ0) is 42.5. The molecule has 3 aliphatic carbocycles. The van der Waals surface area contributed by atoms with Crippen LogP contribution in [0.25, 0.3) is 55.6 Å². The van der Waals surface area contributed by atoms with E-state index in [0.717, 1.165) is 6.42 Å². The van der Waals surface area contributed by atoms with Gasteiger partial charge in [-0.25, -0.2) is 0 Å². The van der Waals surface area contributed by atoms with Crippen molar-refractivity contribution in [3.63, 3.8) is 0 Å². The molecule has 0 radical (unpaired) electrons. The molecule has 3 aliphatic rings. The first kappa shape index (κ1) is 37.7. The highest BCUT2D eigenvalue weighted by Crippen LogP contribution is 2.63. The van der Waals surface area contributed by atoms with Crippen LogP contribution in [-0.2, 0) is 10.8 Å². The van der Waals surface area contributed by atoms with Crippen molar-refractivity contribution in [1.29, 1.82) is 0 Å². The van der Waals surface area contributed by atoms with Gasteiger partial charge >= 0.3 is 0 Å². The minimum absolute atomic E-state index is 0.0113. The number of hydrogen-bond acceptors (Lipinski definition) is 0. The van der Waals surface area contributed by atoms with Crippen LogP contribution < -0.4 is 0 Å². The Morgan fingerprint density at radius 1 is 0.333 bits per heavy atom. The second-order valence-electron chi connectivity index (χ2n) is 18.7. The highest BCUT2D eigenvalue weighted by molar-refractivity contribution is 5.96. The van der Waals surface area contributed by atoms with Gasteiger partial charge in [0.2, 0.25) is 0 Å². The van der Waals surface area contributed by atoms with Gasteiger partial charge in [-0.2, -0.15) is 0 Å². The van der Waals surface area contributed by atoms with Crippen molar-refractivity contribution in [2.45, 2.75) is 56.8 Å². The maximum absolute atomic E-state index is 2.59. The Balaban J connectivity index is 1.08. The fraction of sp³-hybridized carbons (Fsp3) is 0.143. The zero-order valence-corrected chi connectivity index (χ0v) is 36.5. The summed E-state index contributed by atoms with van der Waals surface area (Å²) in [5, 5.41) is 0. The van der Waals surface area contributed by atoms with Crippen LogP contribution in [0.1, 0.15) is 102 Å². The molecule has 0 aliphatic heterocycles. The van der Waals surface area contributed by atoms with Gasteiger partial charge in [-0.1, -0.05) is 228 Å². The van der Waals surface area contributed by atoms with E-state index >= 15 is 0 Å². The highest BCUT2D eigenvalue weighted by Gasteiger charge is 2.52. The monoisotopic (exact) mass is 806 g/mol. The summed E-state index contributed by atoms with van der Waals surface area (Å²) in [7, 11) is 0. The van der Waals surface area contributed by atoms with Crippen molar-refractivity contribution in [2.75, 3.05) is 0 Å². The SMILES string of the molecule is CCC(C)c1ccc(-c2ccc3c(c2)C2(c4ccccc4-3)c3ccccc3-c3ccc(C(c4ccc(-c5ccccc5)cc4)c4ccc5c(c4)C(C)(C)c4ccccc4-5)cc32)cc1. The van der Waals surface area contributed by atoms with Gasteiger partial charge in [0, 0.05) is 11.3 Å². The standard InChI is InChI=1S/C63H50/c1-5-40(2)41-23-25-44(26-24-41)46-31-34-53-50-18-10-13-21-56(50)63(59(53)37-46)57-22-14-11-19-51(57)54-36-33-48(39-60(54)63)61(45-29-27-43(28-30-45)42-15-7-6-8-16-42)47-32-35-52-49-17-9-12-20-55(49)62(3,4)58(52)38-47/h6-40,61H,5H2,1-4H3. The van der Waals surface area contributed by atoms with E-state index in [1.807, 2.05) is 0 Å². The van der Waals surface area contributed by atoms with Gasteiger partial charge in [0.05, 0.1) is 5.41 Å². The summed E-state index contributed by atoms with van der Waals surface area (Å²) in [5.41, 5.74) is 26.0. The van der Waals surface area contributed by atoms with Crippen molar-refractivity contribution >= 4 is 0 Å². The van der Waals surface area contributed by atoms with Gasteiger partial charge in [0.25, 0.3) is 0 Å². The molecule has 0 aromatic heterocycles. The molecule has 0 fully saturated rings. The smallest absolute Gasteiger partial charge is 0.0648 e. The van der Waals surface area contributed by atoms with E-state index in [0.29, 0.717) is 5.92 Å². The highest BCUT2D eigenvalue weighted by atomic mass is 14.5. The van der Waals surface area contributed by atoms with E-state index in [4.69, 9.17) is 0 Å². The predicted molar refractivity (Wildman–Crippen MR) is 264 cm³/mol. The number of benzene rings is 9. The molecule has 12 rings (SSSR count). The van der Waals surface area contributed by atoms with Crippen molar-refractivity contribution < 1.29 is 0 Å². The van der Waals surface area contributed by atoms with Gasteiger partial charge in [0.1, 0.15) is 0 Å². The number of hydrogen-bond donors (Lipinski definition) is 0. The molecule has 0 bridgehead atoms. The fourth-order valence-corrected chi connectivity index (χ4v) is 11.7. The molecule has 0 N–H and O–H groups in total. The van der Waals surface area contributed by atoms with E-state index in [9.17, 15) is 0 Å². The van der Waals surface area contributed by atoms with Crippen LogP contribution >= 0.6 is 0 Å². The van der Waals surface area contributed by atoms with Crippen LogP contribution in [0.5, 0.6) is 0 Å². The largest absolute Gasteiger partial charge is 0.0725 e. The van der Waals surface area contributed by atoms with Crippen LogP contribution in [0.15, 0.2) is 206 Å². The average molecular weight is 807 g/mol. The van der Waals surface area contributed by atoms with Gasteiger partial charge in [-0.3, -0.25) is 0 Å². The molecular formula is C63H50. The molecule has 0 nitrogen and oxygen atoms in total. The number of rotatable bonds is 7. The molecule has 1 spiro atoms. The predicted octanol–water partition coefficient (Wildman–Crippen LogP) is 16.4. The topological polar surface area (TPSA) is 0 Å². The normalized spacial score (nSPS) is 16.7. The summed E-state index contributed by atoms with van der Waals surface area (Å²) in [5.74, 6) is 0.555. The Kier molecular flexibility index (Phi) is 8.54. The summed E-state index contributed by atoms with van der Waals surface area (Å²) in [6.45, 7) is 9.38. The summed E-state index contributed by atoms with van der Waals surface area (Å²) in [4.78, 5) is 0. The molecule has 0 amide bonds. The summed E-state index contributed by atoms with van der Waals surface area (Å²) >= 11 is 0. The summed E-state index contributed by atoms with van der Waals surface area (Å²) in [6.07, 6.45) is 1.14. The van der Waals surface area contributed by atoms with Gasteiger partial charge in [-0.15, -0.1) is 0 Å². The van der Waals surface area contributed by atoms with E-state index in [-0.39, 0.29) is 11.3 Å². The Morgan fingerprint density at radius 2 is 0.730 bits per heavy atom. The minimum atomic E-state index is -0.468. The second kappa shape index (κ2) is 14.3. The Hall–Kier alpha value is -7.02. The lowest BCUT2D eigenvalue weighted by Crippen LogP contribution is -2.26. The first-order chi connectivity index (χ1) is 30.9. The fourth-order valence-electron chi connectivity index (χ4n) is 11.7. The van der Waals surface area contributed by atoms with E-state index in [1.54, 1.807) is 0 Å². The van der Waals surface area contributed by atoms with E-state index in [1.165, 1.54) is 111 Å². The minimum Gasteiger partial charge on any atom is -0.0648 e. The van der Waals surface area contributed by atoms with Crippen LogP contribution in [-0.4, -0.2) is 0 Å². The molecule has 9 aromatic carbocycles. The Labute approximate surface area is 372 Å². The molecule has 3 unspecified atom stereocenters. The van der Waals surface area contributed by atoms with Crippen LogP contribution in [0.4, 0.5) is 0 Å². The van der Waals surface area contributed by atoms with Crippen LogP contribution in [0.3, 0.4) is 0 Å². The van der Waals surface area contributed by atoms with Crippen LogP contribution in [0, 0.1) is 0 Å². The first-order valence-corrected chi connectivity index (χ1v) is 22.8. The molecule has 63 heavy (non-hydrogen) atoms. The van der Waals surface area contributed by atoms with Crippen molar-refractivity contribution in [3.8, 4) is 55.6 Å². The van der Waals surface area contributed by atoms with Crippen molar-refractivity contribution in [3.05, 3.63) is 262 Å². The summed E-state index contributed by atoms with van der Waals surface area (Å²) in [6, 6.07) is 78.9. The molecule has 302 valence electrons. The van der Waals surface area contributed by atoms with Gasteiger partial charge in [0.15, 0.2) is 0 Å². The molecular weight excluding hydrogens is 757 g/mol. The molecule has 0 heterocycles. The zero-order valence-electron chi connectivity index (χ0n) is 36.5. The van der Waals surface area contributed by atoms with Gasteiger partial charge in [-0.05, 0) is 130 Å². The Bertz CT molecular complexity index is 3220. The molecule has 0 heteroatoms. The van der Waals surface area contributed by atoms with Crippen molar-refractivity contribution in [1.82, 2.24) is 0 Å². The third-order valence-corrected chi connectivity index (χ3v) is 15.2. The third-order valence-electron chi connectivity index (χ3n) is 15.2. The molecule has 3 atom stereocenters. The van der Waals surface area contributed by atoms with Gasteiger partial charge < -0.3 is 0 Å². The quantitative estimate of drug-likeness (QED) is 0.141. The molecule has 0 saturated carbocycles. The average Bonchev–Trinajstić information content (AvgIpc) is 3.89. The lowest BCUT2D eigenvalue weighted by molar-refractivity contribution is 0.659. The summed E-state index contributed by atoms with van der Waals surface area (Å²) < 4.78 is 0. The first-order valence-electron chi connectivity index (χ1n) is 22.8. The van der Waals surface area contributed by atoms with E-state index in [2.05, 4.69) is 234 Å². The van der Waals surface area contributed by atoms with Crippen LogP contribution in [0.2, 0.25) is 0 Å². The Morgan fingerprint density at radius 3 is 1.33 bits per heavy atom. The third kappa shape index (κ3) is 5.53. The maximum Gasteiger partial charge on any atom is 0.0725 e. The maximum atomic E-state index is 2.59. The lowest BCUT2D eigenvalue weighted by Gasteiger charge is -2.32. The lowest BCUT2D eigenvalue weighted by atomic mass is 9.69. The second-order valence-corrected chi connectivity index (χ2v) is 18.7. The van der Waals surface area contributed by atoms with E-state index < -0.39 is 5.41 Å². The molecule has 0 saturated heterocycles.